The van der Waals surface area contributed by atoms with Gasteiger partial charge in [0.25, 0.3) is 0 Å². The third-order valence-corrected chi connectivity index (χ3v) is 7.52. The van der Waals surface area contributed by atoms with E-state index in [1.807, 2.05) is 109 Å². The fourth-order valence-corrected chi connectivity index (χ4v) is 5.44. The Hall–Kier alpha value is -5.50. The highest BCUT2D eigenvalue weighted by molar-refractivity contribution is 7.87. The van der Waals surface area contributed by atoms with E-state index < -0.39 is 10.3 Å². The summed E-state index contributed by atoms with van der Waals surface area (Å²) in [7, 11) is -4.37. The monoisotopic (exact) mass is 595 g/mol. The van der Waals surface area contributed by atoms with Crippen molar-refractivity contribution < 1.29 is 13.0 Å². The second-order valence-electron chi connectivity index (χ2n) is 10.2. The molecular weight excluding hydrogens is 566 g/mol. The Morgan fingerprint density at radius 3 is 1.75 bits per heavy atom. The molecule has 44 heavy (non-hydrogen) atoms. The number of benzene rings is 5. The Kier molecular flexibility index (Phi) is 8.32. The van der Waals surface area contributed by atoms with Gasteiger partial charge in [-0.1, -0.05) is 97.1 Å². The van der Waals surface area contributed by atoms with Crippen molar-refractivity contribution in [2.24, 2.45) is 4.99 Å². The summed E-state index contributed by atoms with van der Waals surface area (Å²) in [5.41, 5.74) is 10.0. The molecule has 5 aromatic rings. The van der Waals surface area contributed by atoms with Gasteiger partial charge in [0.1, 0.15) is 0 Å². The molecule has 216 valence electrons. The van der Waals surface area contributed by atoms with E-state index in [1.54, 1.807) is 12.1 Å². The second-order valence-corrected chi connectivity index (χ2v) is 11.3. The van der Waals surface area contributed by atoms with E-state index in [0.29, 0.717) is 0 Å². The molecular formula is C37H29N3O3S. The first-order valence-electron chi connectivity index (χ1n) is 14.0. The first-order valence-corrected chi connectivity index (χ1v) is 15.5. The summed E-state index contributed by atoms with van der Waals surface area (Å²) < 4.78 is 33.9. The van der Waals surface area contributed by atoms with Crippen LogP contribution < -0.4 is 10.0 Å². The Labute approximate surface area is 257 Å². The summed E-state index contributed by atoms with van der Waals surface area (Å²) >= 11 is 0. The standard InChI is InChI=1S/C37H29N3O3S/c41-44(42,43)40-35-24-18-30(19-25-35)37(28-14-20-33(21-15-28)38-32-11-5-2-6-12-32)29-16-22-34(23-17-29)39-36-13-7-10-31(26-36)27-8-3-1-4-9-27/h1-26,39-40H,(H,41,42,43). The molecule has 1 aliphatic rings. The summed E-state index contributed by atoms with van der Waals surface area (Å²) in [5, 5.41) is 3.51. The minimum atomic E-state index is -4.37. The zero-order valence-corrected chi connectivity index (χ0v) is 24.4. The maximum atomic E-state index is 11.3. The maximum Gasteiger partial charge on any atom is 0.357 e. The van der Waals surface area contributed by atoms with E-state index in [4.69, 9.17) is 4.99 Å². The van der Waals surface area contributed by atoms with Gasteiger partial charge in [-0.3, -0.25) is 9.27 Å². The fourth-order valence-electron chi connectivity index (χ4n) is 5.00. The largest absolute Gasteiger partial charge is 0.357 e. The van der Waals surface area contributed by atoms with Crippen molar-refractivity contribution in [2.45, 2.75) is 0 Å². The Morgan fingerprint density at radius 1 is 0.568 bits per heavy atom. The van der Waals surface area contributed by atoms with Crippen molar-refractivity contribution in [1.29, 1.82) is 0 Å². The molecule has 0 unspecified atom stereocenters. The molecule has 1 aliphatic carbocycles. The van der Waals surface area contributed by atoms with Crippen LogP contribution in [0, 0.1) is 0 Å². The van der Waals surface area contributed by atoms with Gasteiger partial charge < -0.3 is 5.32 Å². The lowest BCUT2D eigenvalue weighted by Crippen LogP contribution is -2.10. The van der Waals surface area contributed by atoms with Gasteiger partial charge in [0.15, 0.2) is 0 Å². The molecule has 0 atom stereocenters. The molecule has 0 radical (unpaired) electrons. The maximum absolute atomic E-state index is 11.3. The van der Waals surface area contributed by atoms with Crippen LogP contribution >= 0.6 is 0 Å². The number of nitrogens with one attached hydrogen (secondary N) is 2. The van der Waals surface area contributed by atoms with Gasteiger partial charge >= 0.3 is 10.3 Å². The van der Waals surface area contributed by atoms with Crippen molar-refractivity contribution in [3.8, 4) is 11.1 Å². The van der Waals surface area contributed by atoms with Crippen molar-refractivity contribution in [1.82, 2.24) is 0 Å². The summed E-state index contributed by atoms with van der Waals surface area (Å²) in [6.45, 7) is 0. The number of rotatable bonds is 8. The van der Waals surface area contributed by atoms with Crippen LogP contribution in [0.25, 0.3) is 16.7 Å². The lowest BCUT2D eigenvalue weighted by atomic mass is 9.90. The van der Waals surface area contributed by atoms with Gasteiger partial charge in [-0.05, 0) is 94.1 Å². The summed E-state index contributed by atoms with van der Waals surface area (Å²) in [4.78, 5) is 4.70. The van der Waals surface area contributed by atoms with Gasteiger partial charge in [-0.25, -0.2) is 4.99 Å². The minimum Gasteiger partial charge on any atom is -0.356 e. The summed E-state index contributed by atoms with van der Waals surface area (Å²) in [6.07, 6.45) is 8.02. The van der Waals surface area contributed by atoms with Crippen LogP contribution in [-0.2, 0) is 10.3 Å². The highest BCUT2D eigenvalue weighted by Gasteiger charge is 2.13. The van der Waals surface area contributed by atoms with Crippen LogP contribution in [0.4, 0.5) is 22.7 Å². The number of hydrogen-bond donors (Lipinski definition) is 3. The number of aliphatic imine (C=N–C) groups is 1. The number of hydrogen-bond acceptors (Lipinski definition) is 4. The molecule has 0 bridgehead atoms. The molecule has 0 amide bonds. The van der Waals surface area contributed by atoms with E-state index in [2.05, 4.69) is 46.4 Å². The first kappa shape index (κ1) is 28.6. The second kappa shape index (κ2) is 12.8. The number of anilines is 3. The van der Waals surface area contributed by atoms with Crippen molar-refractivity contribution in [3.63, 3.8) is 0 Å². The number of nitrogens with zero attached hydrogens (tertiary/aromatic N) is 1. The predicted molar refractivity (Wildman–Crippen MR) is 181 cm³/mol. The van der Waals surface area contributed by atoms with Gasteiger partial charge in [-0.2, -0.15) is 8.42 Å². The SMILES string of the molecule is O=S(=O)(O)Nc1ccc(C(=C2C=CC(=Nc3ccccc3)C=C2)c2ccc(Nc3cccc(-c4ccccc4)c3)cc2)cc1. The number of para-hydroxylation sites is 1. The van der Waals surface area contributed by atoms with Gasteiger partial charge in [-0.15, -0.1) is 0 Å². The van der Waals surface area contributed by atoms with Crippen LogP contribution in [0.5, 0.6) is 0 Å². The van der Waals surface area contributed by atoms with Crippen molar-refractivity contribution in [3.05, 3.63) is 174 Å². The van der Waals surface area contributed by atoms with Crippen LogP contribution in [0.3, 0.4) is 0 Å². The molecule has 6 rings (SSSR count). The van der Waals surface area contributed by atoms with E-state index in [9.17, 15) is 13.0 Å². The smallest absolute Gasteiger partial charge is 0.356 e. The molecule has 0 heterocycles. The third kappa shape index (κ3) is 7.28. The average molecular weight is 596 g/mol. The van der Waals surface area contributed by atoms with Crippen molar-refractivity contribution >= 4 is 44.3 Å². The minimum absolute atomic E-state index is 0.268. The normalized spacial score (nSPS) is 12.6. The van der Waals surface area contributed by atoms with E-state index in [0.717, 1.165) is 56.2 Å². The van der Waals surface area contributed by atoms with E-state index in [-0.39, 0.29) is 5.69 Å². The van der Waals surface area contributed by atoms with Crippen LogP contribution in [0.2, 0.25) is 0 Å². The van der Waals surface area contributed by atoms with Crippen molar-refractivity contribution in [2.75, 3.05) is 10.0 Å². The lowest BCUT2D eigenvalue weighted by molar-refractivity contribution is 0.489. The van der Waals surface area contributed by atoms with Crippen LogP contribution in [-0.4, -0.2) is 18.7 Å². The topological polar surface area (TPSA) is 90.8 Å². The highest BCUT2D eigenvalue weighted by Crippen LogP contribution is 2.32. The third-order valence-electron chi connectivity index (χ3n) is 7.02. The van der Waals surface area contributed by atoms with Crippen LogP contribution in [0.1, 0.15) is 11.1 Å². The summed E-state index contributed by atoms with van der Waals surface area (Å²) in [6, 6.07) is 43.5. The fraction of sp³-hybridized carbons (Fsp3) is 0. The Morgan fingerprint density at radius 2 is 1.14 bits per heavy atom. The van der Waals surface area contributed by atoms with Crippen LogP contribution in [0.15, 0.2) is 168 Å². The van der Waals surface area contributed by atoms with Gasteiger partial charge in [0, 0.05) is 11.4 Å². The quantitative estimate of drug-likeness (QED) is 0.156. The lowest BCUT2D eigenvalue weighted by Gasteiger charge is -2.16. The van der Waals surface area contributed by atoms with E-state index >= 15 is 0 Å². The molecule has 3 N–H and O–H groups in total. The Bertz CT molecular complexity index is 1980. The summed E-state index contributed by atoms with van der Waals surface area (Å²) in [5.74, 6) is 0. The first-order chi connectivity index (χ1) is 21.4. The molecule has 0 saturated carbocycles. The van der Waals surface area contributed by atoms with E-state index in [1.165, 1.54) is 0 Å². The predicted octanol–water partition coefficient (Wildman–Crippen LogP) is 9.01. The zero-order chi connectivity index (χ0) is 30.4. The molecule has 7 heteroatoms. The molecule has 6 nitrogen and oxygen atoms in total. The highest BCUT2D eigenvalue weighted by atomic mass is 32.2. The molecule has 0 aromatic heterocycles. The number of allylic oxidation sites excluding steroid dienone is 5. The zero-order valence-electron chi connectivity index (χ0n) is 23.6. The molecule has 0 saturated heterocycles. The average Bonchev–Trinajstić information content (AvgIpc) is 3.04. The Balaban J connectivity index is 1.31. The molecule has 0 fully saturated rings. The molecule has 0 aliphatic heterocycles. The van der Waals surface area contributed by atoms with Gasteiger partial charge in [0.05, 0.1) is 17.1 Å². The molecule has 5 aromatic carbocycles. The molecule has 0 spiro atoms. The van der Waals surface area contributed by atoms with Gasteiger partial charge in [0.2, 0.25) is 0 Å².